The van der Waals surface area contributed by atoms with E-state index in [1.54, 1.807) is 6.07 Å². The van der Waals surface area contributed by atoms with Crippen LogP contribution in [0.2, 0.25) is 0 Å². The van der Waals surface area contributed by atoms with Gasteiger partial charge in [0.15, 0.2) is 6.61 Å². The first kappa shape index (κ1) is 23.6. The number of anilines is 1. The summed E-state index contributed by atoms with van der Waals surface area (Å²) < 4.78 is 10.3. The predicted octanol–water partition coefficient (Wildman–Crippen LogP) is 3.06. The molecule has 1 aliphatic rings. The average Bonchev–Trinajstić information content (AvgIpc) is 2.75. The molecule has 0 aromatic heterocycles. The van der Waals surface area contributed by atoms with Crippen molar-refractivity contribution in [1.82, 2.24) is 5.32 Å². The highest BCUT2D eigenvalue weighted by molar-refractivity contribution is 5.93. The van der Waals surface area contributed by atoms with Crippen molar-refractivity contribution >= 4 is 23.3 Å². The zero-order chi connectivity index (χ0) is 21.9. The maximum absolute atomic E-state index is 12.3. The highest BCUT2D eigenvalue weighted by Crippen LogP contribution is 2.30. The zero-order valence-electron chi connectivity index (χ0n) is 17.7. The number of nitro groups is 1. The van der Waals surface area contributed by atoms with Gasteiger partial charge in [0, 0.05) is 25.2 Å². The lowest BCUT2D eigenvalue weighted by Gasteiger charge is -2.28. The van der Waals surface area contributed by atoms with Gasteiger partial charge in [0.05, 0.1) is 23.7 Å². The van der Waals surface area contributed by atoms with Gasteiger partial charge in [-0.1, -0.05) is 32.6 Å². The van der Waals surface area contributed by atoms with E-state index in [0.29, 0.717) is 32.0 Å². The SMILES string of the molecule is CCCCCC[C@H](C)NC(=O)COC(=O)c1ccc(N2CCOCC2)c([N+](=O)[O-])c1. The molecular weight excluding hydrogens is 390 g/mol. The first-order valence-electron chi connectivity index (χ1n) is 10.5. The van der Waals surface area contributed by atoms with E-state index >= 15 is 0 Å². The second-order valence-corrected chi connectivity index (χ2v) is 7.45. The highest BCUT2D eigenvalue weighted by Gasteiger charge is 2.24. The second kappa shape index (κ2) is 12.1. The Kier molecular flexibility index (Phi) is 9.53. The fourth-order valence-electron chi connectivity index (χ4n) is 3.35. The molecule has 166 valence electrons. The fourth-order valence-corrected chi connectivity index (χ4v) is 3.35. The summed E-state index contributed by atoms with van der Waals surface area (Å²) in [6.07, 6.45) is 5.37. The van der Waals surface area contributed by atoms with Crippen LogP contribution in [-0.4, -0.2) is 55.8 Å². The monoisotopic (exact) mass is 421 g/mol. The summed E-state index contributed by atoms with van der Waals surface area (Å²) in [5, 5.41) is 14.3. The van der Waals surface area contributed by atoms with Gasteiger partial charge in [-0.2, -0.15) is 0 Å². The molecule has 1 heterocycles. The Morgan fingerprint density at radius 3 is 2.67 bits per heavy atom. The van der Waals surface area contributed by atoms with E-state index in [2.05, 4.69) is 12.2 Å². The molecular formula is C21H31N3O6. The van der Waals surface area contributed by atoms with Crippen LogP contribution in [0.5, 0.6) is 0 Å². The Hall–Kier alpha value is -2.68. The first-order valence-corrected chi connectivity index (χ1v) is 10.5. The van der Waals surface area contributed by atoms with E-state index in [1.165, 1.54) is 18.6 Å². The number of ether oxygens (including phenoxy) is 2. The third-order valence-electron chi connectivity index (χ3n) is 4.99. The molecule has 30 heavy (non-hydrogen) atoms. The van der Waals surface area contributed by atoms with Crippen LogP contribution in [0.15, 0.2) is 18.2 Å². The van der Waals surface area contributed by atoms with Crippen molar-refractivity contribution < 1.29 is 24.0 Å². The standard InChI is InChI=1S/C21H31N3O6/c1-3-4-5-6-7-16(2)22-20(25)15-30-21(26)17-8-9-18(19(14-17)24(27)28)23-10-12-29-13-11-23/h8-9,14,16H,3-7,10-13,15H2,1-2H3,(H,22,25)/t16-/m0/s1. The Labute approximate surface area is 176 Å². The number of nitrogens with one attached hydrogen (secondary N) is 1. The first-order chi connectivity index (χ1) is 14.4. The van der Waals surface area contributed by atoms with Crippen molar-refractivity contribution in [3.05, 3.63) is 33.9 Å². The topological polar surface area (TPSA) is 111 Å². The molecule has 9 nitrogen and oxygen atoms in total. The normalized spacial score (nSPS) is 14.8. The fraction of sp³-hybridized carbons (Fsp3) is 0.619. The molecule has 1 aromatic carbocycles. The minimum Gasteiger partial charge on any atom is -0.452 e. The van der Waals surface area contributed by atoms with E-state index in [-0.39, 0.29) is 23.2 Å². The molecule has 0 aliphatic carbocycles. The molecule has 1 amide bonds. The Morgan fingerprint density at radius 1 is 1.27 bits per heavy atom. The third kappa shape index (κ3) is 7.29. The molecule has 0 unspecified atom stereocenters. The predicted molar refractivity (Wildman–Crippen MR) is 113 cm³/mol. The number of hydrogen-bond acceptors (Lipinski definition) is 7. The minimum absolute atomic E-state index is 0.00181. The molecule has 0 saturated carbocycles. The maximum Gasteiger partial charge on any atom is 0.338 e. The number of nitro benzene ring substituents is 1. The molecule has 2 rings (SSSR count). The van der Waals surface area contributed by atoms with Crippen LogP contribution in [0.3, 0.4) is 0 Å². The molecule has 0 radical (unpaired) electrons. The Balaban J connectivity index is 1.89. The highest BCUT2D eigenvalue weighted by atomic mass is 16.6. The summed E-state index contributed by atoms with van der Waals surface area (Å²) in [6.45, 7) is 5.71. The largest absolute Gasteiger partial charge is 0.452 e. The van der Waals surface area contributed by atoms with Crippen molar-refractivity contribution in [3.8, 4) is 0 Å². The van der Waals surface area contributed by atoms with Crippen LogP contribution in [0.1, 0.15) is 56.3 Å². The maximum atomic E-state index is 12.3. The molecule has 1 saturated heterocycles. The van der Waals surface area contributed by atoms with Gasteiger partial charge in [0.25, 0.3) is 11.6 Å². The van der Waals surface area contributed by atoms with E-state index in [9.17, 15) is 19.7 Å². The summed E-state index contributed by atoms with van der Waals surface area (Å²) >= 11 is 0. The van der Waals surface area contributed by atoms with Gasteiger partial charge in [-0.05, 0) is 25.5 Å². The van der Waals surface area contributed by atoms with Crippen molar-refractivity contribution in [2.24, 2.45) is 0 Å². The molecule has 1 N–H and O–H groups in total. The Morgan fingerprint density at radius 2 is 2.00 bits per heavy atom. The van der Waals surface area contributed by atoms with E-state index < -0.39 is 17.5 Å². The molecule has 9 heteroatoms. The molecule has 0 bridgehead atoms. The van der Waals surface area contributed by atoms with Crippen LogP contribution in [-0.2, 0) is 14.3 Å². The number of carbonyl (C=O) groups is 2. The van der Waals surface area contributed by atoms with Crippen LogP contribution in [0.25, 0.3) is 0 Å². The van der Waals surface area contributed by atoms with Crippen molar-refractivity contribution in [3.63, 3.8) is 0 Å². The van der Waals surface area contributed by atoms with Gasteiger partial charge in [0.2, 0.25) is 0 Å². The summed E-state index contributed by atoms with van der Waals surface area (Å²) in [4.78, 5) is 37.1. The summed E-state index contributed by atoms with van der Waals surface area (Å²) in [6, 6.07) is 4.22. The molecule has 1 aliphatic heterocycles. The van der Waals surface area contributed by atoms with Crippen molar-refractivity contribution in [2.45, 2.75) is 52.0 Å². The lowest BCUT2D eigenvalue weighted by Crippen LogP contribution is -2.36. The number of carbonyl (C=O) groups excluding carboxylic acids is 2. The van der Waals surface area contributed by atoms with Crippen LogP contribution >= 0.6 is 0 Å². The second-order valence-electron chi connectivity index (χ2n) is 7.45. The number of nitrogens with zero attached hydrogens (tertiary/aromatic N) is 2. The van der Waals surface area contributed by atoms with Gasteiger partial charge in [-0.25, -0.2) is 4.79 Å². The van der Waals surface area contributed by atoms with Crippen molar-refractivity contribution in [2.75, 3.05) is 37.8 Å². The van der Waals surface area contributed by atoms with Crippen molar-refractivity contribution in [1.29, 1.82) is 0 Å². The van der Waals surface area contributed by atoms with Gasteiger partial charge in [-0.15, -0.1) is 0 Å². The Bertz CT molecular complexity index is 733. The van der Waals surface area contributed by atoms with Gasteiger partial charge in [0.1, 0.15) is 5.69 Å². The summed E-state index contributed by atoms with van der Waals surface area (Å²) in [7, 11) is 0. The third-order valence-corrected chi connectivity index (χ3v) is 4.99. The number of unbranched alkanes of at least 4 members (excludes halogenated alkanes) is 3. The summed E-state index contributed by atoms with van der Waals surface area (Å²) in [5.41, 5.74) is 0.310. The lowest BCUT2D eigenvalue weighted by molar-refractivity contribution is -0.384. The van der Waals surface area contributed by atoms with E-state index in [1.807, 2.05) is 11.8 Å². The van der Waals surface area contributed by atoms with Crippen LogP contribution in [0, 0.1) is 10.1 Å². The zero-order valence-corrected chi connectivity index (χ0v) is 17.7. The molecule has 0 spiro atoms. The van der Waals surface area contributed by atoms with E-state index in [0.717, 1.165) is 25.7 Å². The van der Waals surface area contributed by atoms with Crippen LogP contribution in [0.4, 0.5) is 11.4 Å². The number of rotatable bonds is 11. The number of esters is 1. The summed E-state index contributed by atoms with van der Waals surface area (Å²) in [5.74, 6) is -1.15. The van der Waals surface area contributed by atoms with Gasteiger partial charge >= 0.3 is 5.97 Å². The molecule has 1 atom stereocenters. The quantitative estimate of drug-likeness (QED) is 0.253. The number of hydrogen-bond donors (Lipinski definition) is 1. The smallest absolute Gasteiger partial charge is 0.338 e. The lowest BCUT2D eigenvalue weighted by atomic mass is 10.1. The average molecular weight is 421 g/mol. The number of amides is 1. The van der Waals surface area contributed by atoms with E-state index in [4.69, 9.17) is 9.47 Å². The molecule has 1 fully saturated rings. The van der Waals surface area contributed by atoms with Gasteiger partial charge in [-0.3, -0.25) is 14.9 Å². The number of benzene rings is 1. The van der Waals surface area contributed by atoms with Crippen LogP contribution < -0.4 is 10.2 Å². The minimum atomic E-state index is -0.766. The number of morpholine rings is 1. The molecule has 1 aromatic rings. The van der Waals surface area contributed by atoms with Gasteiger partial charge < -0.3 is 19.7 Å².